The Balaban J connectivity index is 1.70. The molecule has 3 rings (SSSR count). The van der Waals surface area contributed by atoms with Gasteiger partial charge in [-0.1, -0.05) is 42.5 Å². The van der Waals surface area contributed by atoms with Crippen molar-refractivity contribution in [2.75, 3.05) is 0 Å². The Morgan fingerprint density at radius 1 is 0.879 bits per heavy atom. The minimum absolute atomic E-state index is 0.0279. The smallest absolute Gasteiger partial charge is 0.299 e. The van der Waals surface area contributed by atoms with Gasteiger partial charge >= 0.3 is 6.18 Å². The van der Waals surface area contributed by atoms with Gasteiger partial charge in [-0.2, -0.15) is 13.2 Å². The number of nitro groups is 1. The highest BCUT2D eigenvalue weighted by Crippen LogP contribution is 2.33. The molecule has 6 nitrogen and oxygen atoms in total. The lowest BCUT2D eigenvalue weighted by molar-refractivity contribution is -0.384. The molecule has 172 valence electrons. The molecule has 0 aromatic heterocycles. The fraction of sp³-hybridized carbons (Fsp3) is 0.174. The molecule has 0 saturated heterocycles. The van der Waals surface area contributed by atoms with Crippen LogP contribution in [0.5, 0.6) is 0 Å². The van der Waals surface area contributed by atoms with Crippen LogP contribution in [0.25, 0.3) is 0 Å². The van der Waals surface area contributed by atoms with Gasteiger partial charge in [-0.15, -0.1) is 0 Å². The van der Waals surface area contributed by atoms with E-state index in [1.54, 1.807) is 6.07 Å². The van der Waals surface area contributed by atoms with E-state index in [1.807, 2.05) is 0 Å². The number of carbonyl (C=O) groups is 1. The molecular formula is C23H18F3NO5S. The van der Waals surface area contributed by atoms with Gasteiger partial charge in [-0.05, 0) is 34.9 Å². The van der Waals surface area contributed by atoms with E-state index in [0.717, 1.165) is 12.1 Å². The monoisotopic (exact) mass is 477 g/mol. The number of non-ortho nitro benzene ring substituents is 1. The van der Waals surface area contributed by atoms with Crippen LogP contribution in [0.4, 0.5) is 18.9 Å². The van der Waals surface area contributed by atoms with Crippen molar-refractivity contribution < 1.29 is 31.3 Å². The summed E-state index contributed by atoms with van der Waals surface area (Å²) in [4.78, 5) is 22.5. The van der Waals surface area contributed by atoms with Crippen molar-refractivity contribution >= 4 is 21.3 Å². The summed E-state index contributed by atoms with van der Waals surface area (Å²) in [5, 5.41) is 10.8. The molecular weight excluding hydrogens is 459 g/mol. The van der Waals surface area contributed by atoms with Crippen LogP contribution in [0.3, 0.4) is 0 Å². The molecule has 33 heavy (non-hydrogen) atoms. The van der Waals surface area contributed by atoms with Crippen molar-refractivity contribution in [2.24, 2.45) is 0 Å². The first-order valence-corrected chi connectivity index (χ1v) is 11.3. The van der Waals surface area contributed by atoms with Crippen LogP contribution in [0, 0.1) is 10.1 Å². The number of alkyl halides is 3. The van der Waals surface area contributed by atoms with Crippen molar-refractivity contribution in [2.45, 2.75) is 29.7 Å². The molecule has 0 amide bonds. The van der Waals surface area contributed by atoms with Crippen LogP contribution in [0.1, 0.15) is 22.3 Å². The quantitative estimate of drug-likeness (QED) is 0.338. The third-order valence-electron chi connectivity index (χ3n) is 4.87. The molecule has 0 aliphatic heterocycles. The van der Waals surface area contributed by atoms with E-state index in [9.17, 15) is 36.5 Å². The molecule has 0 bridgehead atoms. The Morgan fingerprint density at radius 3 is 2.15 bits per heavy atom. The number of sulfone groups is 1. The molecule has 0 radical (unpaired) electrons. The van der Waals surface area contributed by atoms with Crippen molar-refractivity contribution in [1.82, 2.24) is 0 Å². The minimum Gasteiger partial charge on any atom is -0.299 e. The summed E-state index contributed by atoms with van der Waals surface area (Å²) in [6.07, 6.45) is -4.73. The van der Waals surface area contributed by atoms with E-state index < -0.39 is 32.3 Å². The van der Waals surface area contributed by atoms with E-state index in [-0.39, 0.29) is 34.8 Å². The summed E-state index contributed by atoms with van der Waals surface area (Å²) in [7, 11) is -4.05. The van der Waals surface area contributed by atoms with Gasteiger partial charge in [-0.3, -0.25) is 14.9 Å². The lowest BCUT2D eigenvalue weighted by Gasteiger charge is -2.13. The van der Waals surface area contributed by atoms with Crippen LogP contribution in [-0.4, -0.2) is 19.1 Å². The highest BCUT2D eigenvalue weighted by molar-refractivity contribution is 7.90. The first-order valence-electron chi connectivity index (χ1n) is 9.67. The maximum atomic E-state index is 13.2. The SMILES string of the molecule is O=C(Cc1ccc(S(=O)(=O)Cc2ccccc2C(F)(F)F)cc1)Cc1cccc([N+](=O)[O-])c1. The second kappa shape index (κ2) is 9.53. The Hall–Kier alpha value is -3.53. The summed E-state index contributed by atoms with van der Waals surface area (Å²) in [5.41, 5.74) is -0.475. The Kier molecular flexibility index (Phi) is 6.97. The van der Waals surface area contributed by atoms with Gasteiger partial charge in [-0.25, -0.2) is 8.42 Å². The number of hydrogen-bond donors (Lipinski definition) is 0. The molecule has 3 aromatic carbocycles. The summed E-state index contributed by atoms with van der Waals surface area (Å²) in [5.74, 6) is -1.04. The number of rotatable bonds is 8. The van der Waals surface area contributed by atoms with Crippen LogP contribution < -0.4 is 0 Å². The predicted octanol–water partition coefficient (Wildman–Crippen LogP) is 4.94. The van der Waals surface area contributed by atoms with Crippen LogP contribution in [-0.2, 0) is 39.4 Å². The molecule has 0 heterocycles. The first kappa shape index (κ1) is 24.1. The standard InChI is InChI=1S/C23H18F3NO5S/c24-23(25,26)22-7-2-1-5-18(22)15-33(31,32)21-10-8-16(9-11-21)13-20(28)14-17-4-3-6-19(12-17)27(29)30/h1-12H,13-15H2. The maximum absolute atomic E-state index is 13.2. The van der Waals surface area contributed by atoms with Gasteiger partial charge in [0, 0.05) is 25.0 Å². The van der Waals surface area contributed by atoms with Crippen molar-refractivity contribution in [1.29, 1.82) is 0 Å². The molecule has 0 unspecified atom stereocenters. The fourth-order valence-electron chi connectivity index (χ4n) is 3.32. The topological polar surface area (TPSA) is 94.3 Å². The molecule has 10 heteroatoms. The van der Waals surface area contributed by atoms with Crippen LogP contribution >= 0.6 is 0 Å². The van der Waals surface area contributed by atoms with Crippen molar-refractivity contribution in [3.63, 3.8) is 0 Å². The zero-order chi connectivity index (χ0) is 24.2. The molecule has 0 aliphatic rings. The molecule has 0 N–H and O–H groups in total. The van der Waals surface area contributed by atoms with Crippen LogP contribution in [0.15, 0.2) is 77.7 Å². The lowest BCUT2D eigenvalue weighted by atomic mass is 10.0. The second-order valence-electron chi connectivity index (χ2n) is 7.38. The maximum Gasteiger partial charge on any atom is 0.416 e. The average molecular weight is 477 g/mol. The largest absolute Gasteiger partial charge is 0.416 e. The second-order valence-corrected chi connectivity index (χ2v) is 9.37. The Bertz CT molecular complexity index is 1290. The van der Waals surface area contributed by atoms with Gasteiger partial charge < -0.3 is 0 Å². The van der Waals surface area contributed by atoms with E-state index in [0.29, 0.717) is 11.1 Å². The minimum atomic E-state index is -4.67. The van der Waals surface area contributed by atoms with E-state index >= 15 is 0 Å². The zero-order valence-electron chi connectivity index (χ0n) is 17.1. The summed E-state index contributed by atoms with van der Waals surface area (Å²) >= 11 is 0. The van der Waals surface area contributed by atoms with Gasteiger partial charge in [0.1, 0.15) is 5.78 Å². The highest BCUT2D eigenvalue weighted by atomic mass is 32.2. The lowest BCUT2D eigenvalue weighted by Crippen LogP contribution is -2.13. The summed E-state index contributed by atoms with van der Waals surface area (Å²) in [6, 6.07) is 15.6. The summed E-state index contributed by atoms with van der Waals surface area (Å²) in [6.45, 7) is 0. The van der Waals surface area contributed by atoms with Gasteiger partial charge in [0.2, 0.25) is 0 Å². The number of halogens is 3. The van der Waals surface area contributed by atoms with E-state index in [4.69, 9.17) is 0 Å². The highest BCUT2D eigenvalue weighted by Gasteiger charge is 2.34. The third kappa shape index (κ3) is 6.26. The molecule has 0 spiro atoms. The summed E-state index contributed by atoms with van der Waals surface area (Å²) < 4.78 is 64.8. The number of benzene rings is 3. The number of ketones is 1. The van der Waals surface area contributed by atoms with Crippen molar-refractivity contribution in [3.05, 3.63) is 105 Å². The number of nitrogens with zero attached hydrogens (tertiary/aromatic N) is 1. The van der Waals surface area contributed by atoms with E-state index in [2.05, 4.69) is 0 Å². The first-order chi connectivity index (χ1) is 15.5. The number of Topliss-reactive ketones (excluding diaryl/α,β-unsaturated/α-hetero) is 1. The van der Waals surface area contributed by atoms with Crippen molar-refractivity contribution in [3.8, 4) is 0 Å². The van der Waals surface area contributed by atoms with Crippen LogP contribution in [0.2, 0.25) is 0 Å². The molecule has 0 atom stereocenters. The van der Waals surface area contributed by atoms with Gasteiger partial charge in [0.15, 0.2) is 9.84 Å². The van der Waals surface area contributed by atoms with E-state index in [1.165, 1.54) is 54.6 Å². The number of nitro benzene ring substituents is 1. The molecule has 0 saturated carbocycles. The molecule has 0 fully saturated rings. The fourth-order valence-corrected chi connectivity index (χ4v) is 4.70. The predicted molar refractivity (Wildman–Crippen MR) is 114 cm³/mol. The van der Waals surface area contributed by atoms with Gasteiger partial charge in [0.05, 0.1) is 21.1 Å². The third-order valence-corrected chi connectivity index (χ3v) is 6.56. The normalized spacial score (nSPS) is 11.8. The average Bonchev–Trinajstić information content (AvgIpc) is 2.73. The Labute approximate surface area is 187 Å². The Morgan fingerprint density at radius 2 is 1.52 bits per heavy atom. The zero-order valence-corrected chi connectivity index (χ0v) is 17.9. The molecule has 3 aromatic rings. The van der Waals surface area contributed by atoms with Gasteiger partial charge in [0.25, 0.3) is 5.69 Å². The number of hydrogen-bond acceptors (Lipinski definition) is 5. The molecule has 0 aliphatic carbocycles. The number of carbonyl (C=O) groups excluding carboxylic acids is 1.